The molecule has 2 nitrogen and oxygen atoms in total. The molecule has 1 saturated heterocycles. The van der Waals surface area contributed by atoms with Gasteiger partial charge in [-0.2, -0.15) is 0 Å². The standard InChI is InChI=1S/C32H40O2/c1-20(2)22-7-9-23(10-8-22)28-19-31(4)29(15-16-32(31)21(3)6-5-17-34-32)27-13-11-24-18-25(33)12-14-26(24)30(27)28/h7-10,18,20,27-29H,3,5-6,11-17,19H2,1-2,4H3/t27-,28+,29-,31-,32?/m0/s1. The number of benzene rings is 1. The fourth-order valence-electron chi connectivity index (χ4n) is 8.71. The second-order valence-electron chi connectivity index (χ2n) is 12.2. The van der Waals surface area contributed by atoms with Crippen LogP contribution in [0, 0.1) is 17.3 Å². The summed E-state index contributed by atoms with van der Waals surface area (Å²) >= 11 is 0. The van der Waals surface area contributed by atoms with Crippen LogP contribution < -0.4 is 0 Å². The summed E-state index contributed by atoms with van der Waals surface area (Å²) in [6.45, 7) is 12.6. The van der Waals surface area contributed by atoms with Crippen LogP contribution in [0.4, 0.5) is 0 Å². The number of rotatable bonds is 2. The molecule has 0 N–H and O–H groups in total. The van der Waals surface area contributed by atoms with E-state index in [0.717, 1.165) is 45.1 Å². The lowest BCUT2D eigenvalue weighted by Gasteiger charge is -2.57. The van der Waals surface area contributed by atoms with Crippen molar-refractivity contribution in [2.24, 2.45) is 17.3 Å². The first-order valence-corrected chi connectivity index (χ1v) is 13.7. The average molecular weight is 457 g/mol. The normalized spacial score (nSPS) is 37.5. The maximum absolute atomic E-state index is 12.3. The summed E-state index contributed by atoms with van der Waals surface area (Å²) < 4.78 is 6.77. The highest BCUT2D eigenvalue weighted by molar-refractivity contribution is 5.93. The van der Waals surface area contributed by atoms with Crippen LogP contribution >= 0.6 is 0 Å². The van der Waals surface area contributed by atoms with E-state index in [9.17, 15) is 4.79 Å². The van der Waals surface area contributed by atoms with E-state index >= 15 is 0 Å². The molecular weight excluding hydrogens is 416 g/mol. The van der Waals surface area contributed by atoms with E-state index in [1.54, 1.807) is 11.1 Å². The van der Waals surface area contributed by atoms with Crippen LogP contribution in [0.1, 0.15) is 102 Å². The van der Waals surface area contributed by atoms with Crippen LogP contribution in [0.15, 0.2) is 59.2 Å². The molecule has 0 radical (unpaired) electrons. The summed E-state index contributed by atoms with van der Waals surface area (Å²) in [4.78, 5) is 12.3. The predicted octanol–water partition coefficient (Wildman–Crippen LogP) is 7.81. The van der Waals surface area contributed by atoms with Crippen LogP contribution in [0.5, 0.6) is 0 Å². The first kappa shape index (κ1) is 22.5. The van der Waals surface area contributed by atoms with Crippen molar-refractivity contribution in [1.29, 1.82) is 0 Å². The van der Waals surface area contributed by atoms with Gasteiger partial charge in [0.1, 0.15) is 0 Å². The Hall–Kier alpha value is -1.93. The van der Waals surface area contributed by atoms with Gasteiger partial charge in [0.05, 0.1) is 5.60 Å². The van der Waals surface area contributed by atoms with Gasteiger partial charge in [0.25, 0.3) is 0 Å². The fourth-order valence-corrected chi connectivity index (χ4v) is 8.71. The highest BCUT2D eigenvalue weighted by atomic mass is 16.5. The second-order valence-corrected chi connectivity index (χ2v) is 12.2. The monoisotopic (exact) mass is 456 g/mol. The van der Waals surface area contributed by atoms with E-state index in [1.807, 2.05) is 6.08 Å². The minimum Gasteiger partial charge on any atom is -0.370 e. The largest absolute Gasteiger partial charge is 0.370 e. The lowest BCUT2D eigenvalue weighted by Crippen LogP contribution is -2.55. The van der Waals surface area contributed by atoms with Crippen LogP contribution in [-0.4, -0.2) is 18.0 Å². The first-order chi connectivity index (χ1) is 16.3. The molecule has 1 heterocycles. The molecule has 4 aliphatic carbocycles. The zero-order valence-corrected chi connectivity index (χ0v) is 21.3. The van der Waals surface area contributed by atoms with Crippen molar-refractivity contribution in [2.45, 2.75) is 96.0 Å². The molecule has 2 saturated carbocycles. The zero-order chi connectivity index (χ0) is 23.7. The minimum atomic E-state index is -0.152. The molecule has 1 unspecified atom stereocenters. The number of ketones is 1. The Labute approximate surface area is 205 Å². The summed E-state index contributed by atoms with van der Waals surface area (Å²) in [5.41, 5.74) is 8.76. The predicted molar refractivity (Wildman–Crippen MR) is 138 cm³/mol. The Balaban J connectivity index is 1.50. The Bertz CT molecular complexity index is 1090. The SMILES string of the molecule is C=C1CCCOC12CC[C@H]1[C@@H]3CCC4=CC(=O)CCC4=C3[C@@H](c3ccc(C(C)C)cc3)C[C@@]12C. The molecule has 34 heavy (non-hydrogen) atoms. The molecule has 1 aromatic carbocycles. The highest BCUT2D eigenvalue weighted by Gasteiger charge is 2.65. The molecule has 180 valence electrons. The number of allylic oxidation sites excluding steroid dienone is 4. The molecule has 3 fully saturated rings. The summed E-state index contributed by atoms with van der Waals surface area (Å²) in [5.74, 6) is 2.53. The van der Waals surface area contributed by atoms with Crippen molar-refractivity contribution in [3.8, 4) is 0 Å². The topological polar surface area (TPSA) is 26.3 Å². The van der Waals surface area contributed by atoms with Gasteiger partial charge in [0.15, 0.2) is 5.78 Å². The van der Waals surface area contributed by atoms with E-state index in [-0.39, 0.29) is 11.0 Å². The quantitative estimate of drug-likeness (QED) is 0.424. The number of carbonyl (C=O) groups excluding carboxylic acids is 1. The first-order valence-electron chi connectivity index (χ1n) is 13.7. The Morgan fingerprint density at radius 2 is 1.85 bits per heavy atom. The van der Waals surface area contributed by atoms with E-state index in [4.69, 9.17) is 4.74 Å². The van der Waals surface area contributed by atoms with E-state index in [0.29, 0.717) is 35.9 Å². The summed E-state index contributed by atoms with van der Waals surface area (Å²) in [6, 6.07) is 9.50. The van der Waals surface area contributed by atoms with Gasteiger partial charge in [0, 0.05) is 24.4 Å². The van der Waals surface area contributed by atoms with Crippen LogP contribution in [-0.2, 0) is 9.53 Å². The molecule has 0 aromatic heterocycles. The summed E-state index contributed by atoms with van der Waals surface area (Å²) in [6.07, 6.45) is 11.6. The highest BCUT2D eigenvalue weighted by Crippen LogP contribution is 2.69. The van der Waals surface area contributed by atoms with Crippen LogP contribution in [0.2, 0.25) is 0 Å². The zero-order valence-electron chi connectivity index (χ0n) is 21.3. The number of hydrogen-bond acceptors (Lipinski definition) is 2. The van der Waals surface area contributed by atoms with Gasteiger partial charge in [-0.3, -0.25) is 4.79 Å². The van der Waals surface area contributed by atoms with Crippen molar-refractivity contribution in [1.82, 2.24) is 0 Å². The smallest absolute Gasteiger partial charge is 0.156 e. The fraction of sp³-hybridized carbons (Fsp3) is 0.594. The molecule has 5 aliphatic rings. The maximum atomic E-state index is 12.3. The average Bonchev–Trinajstić information content (AvgIpc) is 3.12. The molecule has 6 rings (SSSR count). The van der Waals surface area contributed by atoms with Crippen molar-refractivity contribution < 1.29 is 9.53 Å². The number of fused-ring (bicyclic) bond motifs is 5. The molecule has 1 aromatic rings. The third kappa shape index (κ3) is 3.13. The van der Waals surface area contributed by atoms with Gasteiger partial charge in [-0.15, -0.1) is 0 Å². The van der Waals surface area contributed by atoms with Gasteiger partial charge in [0.2, 0.25) is 0 Å². The minimum absolute atomic E-state index is 0.117. The molecule has 0 bridgehead atoms. The van der Waals surface area contributed by atoms with Gasteiger partial charge in [-0.25, -0.2) is 0 Å². The molecule has 5 atom stereocenters. The molecule has 1 spiro atoms. The third-order valence-electron chi connectivity index (χ3n) is 10.4. The van der Waals surface area contributed by atoms with E-state index in [2.05, 4.69) is 51.6 Å². The lowest BCUT2D eigenvalue weighted by atomic mass is 9.50. The third-order valence-corrected chi connectivity index (χ3v) is 10.4. The van der Waals surface area contributed by atoms with Gasteiger partial charge < -0.3 is 4.74 Å². The molecule has 1 aliphatic heterocycles. The lowest BCUT2D eigenvalue weighted by molar-refractivity contribution is -0.128. The van der Waals surface area contributed by atoms with Gasteiger partial charge >= 0.3 is 0 Å². The van der Waals surface area contributed by atoms with Crippen molar-refractivity contribution in [3.05, 3.63) is 70.3 Å². The van der Waals surface area contributed by atoms with Crippen molar-refractivity contribution >= 4 is 5.78 Å². The summed E-state index contributed by atoms with van der Waals surface area (Å²) in [7, 11) is 0. The number of carbonyl (C=O) groups is 1. The van der Waals surface area contributed by atoms with Crippen LogP contribution in [0.25, 0.3) is 0 Å². The Morgan fingerprint density at radius 1 is 1.06 bits per heavy atom. The van der Waals surface area contributed by atoms with Crippen LogP contribution in [0.3, 0.4) is 0 Å². The van der Waals surface area contributed by atoms with Crippen molar-refractivity contribution in [3.63, 3.8) is 0 Å². The Kier molecular flexibility index (Phi) is 5.33. The summed E-state index contributed by atoms with van der Waals surface area (Å²) in [5, 5.41) is 0. The van der Waals surface area contributed by atoms with Gasteiger partial charge in [-0.1, -0.05) is 57.2 Å². The number of hydrogen-bond donors (Lipinski definition) is 0. The maximum Gasteiger partial charge on any atom is 0.156 e. The Morgan fingerprint density at radius 3 is 2.59 bits per heavy atom. The van der Waals surface area contributed by atoms with E-state index in [1.165, 1.54) is 35.1 Å². The molecular formula is C32H40O2. The van der Waals surface area contributed by atoms with Crippen molar-refractivity contribution in [2.75, 3.05) is 6.61 Å². The van der Waals surface area contributed by atoms with E-state index < -0.39 is 0 Å². The molecule has 2 heteroatoms. The number of ether oxygens (including phenoxy) is 1. The van der Waals surface area contributed by atoms with Gasteiger partial charge in [-0.05, 0) is 103 Å². The molecule has 0 amide bonds. The second kappa shape index (κ2) is 8.05.